The molecular formula is C14H21NO2S. The summed E-state index contributed by atoms with van der Waals surface area (Å²) in [6.45, 7) is 4.35. The molecule has 1 aliphatic rings. The predicted molar refractivity (Wildman–Crippen MR) is 73.3 cm³/mol. The largest absolute Gasteiger partial charge is 0.307 e. The summed E-state index contributed by atoms with van der Waals surface area (Å²) in [7, 11) is -3.09. The summed E-state index contributed by atoms with van der Waals surface area (Å²) in [4.78, 5) is 0.385. The van der Waals surface area contributed by atoms with E-state index in [0.717, 1.165) is 11.5 Å². The van der Waals surface area contributed by atoms with Crippen LogP contribution >= 0.6 is 0 Å². The van der Waals surface area contributed by atoms with E-state index in [1.165, 1.54) is 19.1 Å². The van der Waals surface area contributed by atoms with Crippen molar-refractivity contribution in [2.75, 3.05) is 6.26 Å². The Morgan fingerprint density at radius 2 is 1.94 bits per heavy atom. The SMILES string of the molecule is CCC1CC1NC(C)c1ccc(S(C)(=O)=O)cc1. The normalized spacial score (nSPS) is 24.8. The summed E-state index contributed by atoms with van der Waals surface area (Å²) in [5.74, 6) is 0.822. The fraction of sp³-hybridized carbons (Fsp3) is 0.571. The van der Waals surface area contributed by atoms with Gasteiger partial charge in [0.25, 0.3) is 0 Å². The Morgan fingerprint density at radius 3 is 2.39 bits per heavy atom. The Kier molecular flexibility index (Phi) is 3.78. The Hall–Kier alpha value is -0.870. The molecule has 18 heavy (non-hydrogen) atoms. The fourth-order valence-corrected chi connectivity index (χ4v) is 2.95. The van der Waals surface area contributed by atoms with Crippen LogP contribution in [0, 0.1) is 5.92 Å². The average molecular weight is 267 g/mol. The number of hydrogen-bond acceptors (Lipinski definition) is 3. The van der Waals surface area contributed by atoms with E-state index >= 15 is 0 Å². The van der Waals surface area contributed by atoms with Crippen molar-refractivity contribution >= 4 is 9.84 Å². The molecule has 0 saturated heterocycles. The van der Waals surface area contributed by atoms with Crippen LogP contribution in [0.2, 0.25) is 0 Å². The third kappa shape index (κ3) is 3.12. The van der Waals surface area contributed by atoms with E-state index in [9.17, 15) is 8.42 Å². The van der Waals surface area contributed by atoms with Crippen LogP contribution in [-0.2, 0) is 9.84 Å². The maximum absolute atomic E-state index is 11.4. The van der Waals surface area contributed by atoms with Gasteiger partial charge in [-0.1, -0.05) is 25.5 Å². The molecule has 3 atom stereocenters. The smallest absolute Gasteiger partial charge is 0.175 e. The van der Waals surface area contributed by atoms with E-state index in [4.69, 9.17) is 0 Å². The molecule has 2 rings (SSSR count). The van der Waals surface area contributed by atoms with Crippen LogP contribution in [0.15, 0.2) is 29.2 Å². The van der Waals surface area contributed by atoms with E-state index in [1.54, 1.807) is 12.1 Å². The number of sulfone groups is 1. The van der Waals surface area contributed by atoms with Gasteiger partial charge in [0.05, 0.1) is 4.90 Å². The van der Waals surface area contributed by atoms with Gasteiger partial charge in [0.1, 0.15) is 0 Å². The Morgan fingerprint density at radius 1 is 1.33 bits per heavy atom. The van der Waals surface area contributed by atoms with Crippen LogP contribution < -0.4 is 5.32 Å². The van der Waals surface area contributed by atoms with Crippen molar-refractivity contribution in [1.29, 1.82) is 0 Å². The summed E-state index contributed by atoms with van der Waals surface area (Å²) in [6.07, 6.45) is 3.74. The van der Waals surface area contributed by atoms with Crippen LogP contribution in [-0.4, -0.2) is 20.7 Å². The molecule has 100 valence electrons. The highest BCUT2D eigenvalue weighted by Gasteiger charge is 2.35. The summed E-state index contributed by atoms with van der Waals surface area (Å²) >= 11 is 0. The first-order valence-corrected chi connectivity index (χ1v) is 8.37. The van der Waals surface area contributed by atoms with Crippen molar-refractivity contribution < 1.29 is 8.42 Å². The Balaban J connectivity index is 2.01. The van der Waals surface area contributed by atoms with E-state index in [1.807, 2.05) is 12.1 Å². The van der Waals surface area contributed by atoms with Crippen LogP contribution in [0.5, 0.6) is 0 Å². The van der Waals surface area contributed by atoms with Crippen LogP contribution in [0.25, 0.3) is 0 Å². The zero-order valence-corrected chi connectivity index (χ0v) is 12.0. The summed E-state index contributed by atoms with van der Waals surface area (Å²) in [5, 5.41) is 3.58. The van der Waals surface area contributed by atoms with Crippen LogP contribution in [0.3, 0.4) is 0 Å². The second kappa shape index (κ2) is 5.02. The molecule has 0 bridgehead atoms. The molecule has 0 radical (unpaired) electrons. The minimum Gasteiger partial charge on any atom is -0.307 e. The first-order valence-electron chi connectivity index (χ1n) is 6.48. The molecule has 1 aliphatic carbocycles. The van der Waals surface area contributed by atoms with E-state index in [-0.39, 0.29) is 6.04 Å². The molecule has 0 heterocycles. The first kappa shape index (κ1) is 13.6. The van der Waals surface area contributed by atoms with E-state index < -0.39 is 9.84 Å². The molecular weight excluding hydrogens is 246 g/mol. The zero-order chi connectivity index (χ0) is 13.3. The van der Waals surface area contributed by atoms with Gasteiger partial charge < -0.3 is 5.32 Å². The second-order valence-corrected chi connectivity index (χ2v) is 7.26. The van der Waals surface area contributed by atoms with Crippen LogP contribution in [0.4, 0.5) is 0 Å². The summed E-state index contributed by atoms with van der Waals surface area (Å²) in [6, 6.07) is 8.09. The van der Waals surface area contributed by atoms with Crippen molar-refractivity contribution in [3.63, 3.8) is 0 Å². The molecule has 0 aromatic heterocycles. The van der Waals surface area contributed by atoms with Gasteiger partial charge in [0.15, 0.2) is 9.84 Å². The molecule has 0 amide bonds. The van der Waals surface area contributed by atoms with Gasteiger partial charge in [-0.15, -0.1) is 0 Å². The standard InChI is InChI=1S/C14H21NO2S/c1-4-11-9-14(11)15-10(2)12-5-7-13(8-6-12)18(3,16)17/h5-8,10-11,14-15H,4,9H2,1-3H3. The van der Waals surface area contributed by atoms with Gasteiger partial charge in [-0.3, -0.25) is 0 Å². The quantitative estimate of drug-likeness (QED) is 0.891. The van der Waals surface area contributed by atoms with Crippen molar-refractivity contribution in [3.8, 4) is 0 Å². The maximum atomic E-state index is 11.4. The van der Waals surface area contributed by atoms with Crippen LogP contribution in [0.1, 0.15) is 38.3 Å². The molecule has 1 fully saturated rings. The lowest BCUT2D eigenvalue weighted by molar-refractivity contribution is 0.539. The zero-order valence-electron chi connectivity index (χ0n) is 11.2. The topological polar surface area (TPSA) is 46.2 Å². The highest BCUT2D eigenvalue weighted by Crippen LogP contribution is 2.35. The van der Waals surface area contributed by atoms with Crippen molar-refractivity contribution in [3.05, 3.63) is 29.8 Å². The van der Waals surface area contributed by atoms with Crippen molar-refractivity contribution in [2.24, 2.45) is 5.92 Å². The molecule has 1 N–H and O–H groups in total. The van der Waals surface area contributed by atoms with Gasteiger partial charge in [-0.2, -0.15) is 0 Å². The third-order valence-electron chi connectivity index (χ3n) is 3.72. The Bertz CT molecular complexity index is 507. The molecule has 1 aromatic carbocycles. The highest BCUT2D eigenvalue weighted by atomic mass is 32.2. The minimum atomic E-state index is -3.09. The number of hydrogen-bond donors (Lipinski definition) is 1. The summed E-state index contributed by atoms with van der Waals surface area (Å²) in [5.41, 5.74) is 1.14. The predicted octanol–water partition coefficient (Wildman–Crippen LogP) is 2.54. The molecule has 3 unspecified atom stereocenters. The number of benzene rings is 1. The molecule has 4 heteroatoms. The second-order valence-electron chi connectivity index (χ2n) is 5.24. The van der Waals surface area contributed by atoms with Gasteiger partial charge in [-0.05, 0) is 37.0 Å². The fourth-order valence-electron chi connectivity index (χ4n) is 2.32. The number of rotatable bonds is 5. The molecule has 1 aromatic rings. The summed E-state index contributed by atoms with van der Waals surface area (Å²) < 4.78 is 22.7. The lowest BCUT2D eigenvalue weighted by atomic mass is 10.1. The average Bonchev–Trinajstić information content (AvgIpc) is 3.06. The lowest BCUT2D eigenvalue weighted by Crippen LogP contribution is -2.22. The van der Waals surface area contributed by atoms with Gasteiger partial charge >= 0.3 is 0 Å². The van der Waals surface area contributed by atoms with Gasteiger partial charge in [-0.25, -0.2) is 8.42 Å². The maximum Gasteiger partial charge on any atom is 0.175 e. The monoisotopic (exact) mass is 267 g/mol. The van der Waals surface area contributed by atoms with E-state index in [0.29, 0.717) is 10.9 Å². The Labute approximate surface area is 110 Å². The van der Waals surface area contributed by atoms with Crippen molar-refractivity contribution in [1.82, 2.24) is 5.32 Å². The lowest BCUT2D eigenvalue weighted by Gasteiger charge is -2.14. The highest BCUT2D eigenvalue weighted by molar-refractivity contribution is 7.90. The molecule has 0 aliphatic heterocycles. The van der Waals surface area contributed by atoms with Gasteiger partial charge in [0, 0.05) is 18.3 Å². The minimum absolute atomic E-state index is 0.278. The first-order chi connectivity index (χ1) is 8.41. The van der Waals surface area contributed by atoms with Gasteiger partial charge in [0.2, 0.25) is 0 Å². The third-order valence-corrected chi connectivity index (χ3v) is 4.85. The molecule has 0 spiro atoms. The molecule has 1 saturated carbocycles. The van der Waals surface area contributed by atoms with E-state index in [2.05, 4.69) is 19.2 Å². The van der Waals surface area contributed by atoms with Crippen molar-refractivity contribution in [2.45, 2.75) is 43.7 Å². The number of nitrogens with one attached hydrogen (secondary N) is 1. The molecule has 3 nitrogen and oxygen atoms in total.